The molecule has 1 aliphatic carbocycles. The van der Waals surface area contributed by atoms with Crippen molar-refractivity contribution in [1.82, 2.24) is 0 Å². The zero-order chi connectivity index (χ0) is 10.9. The van der Waals surface area contributed by atoms with Crippen molar-refractivity contribution in [3.8, 4) is 0 Å². The lowest BCUT2D eigenvalue weighted by atomic mass is 9.96. The first-order valence-electron chi connectivity index (χ1n) is 3.68. The van der Waals surface area contributed by atoms with Crippen LogP contribution in [0.4, 0.5) is 0 Å². The van der Waals surface area contributed by atoms with Crippen molar-refractivity contribution in [2.45, 2.75) is 12.8 Å². The molecule has 0 aromatic heterocycles. The summed E-state index contributed by atoms with van der Waals surface area (Å²) in [6.07, 6.45) is -1.26. The summed E-state index contributed by atoms with van der Waals surface area (Å²) in [5, 5.41) is 39.1. The molecule has 0 aromatic rings. The van der Waals surface area contributed by atoms with Gasteiger partial charge < -0.3 is 20.4 Å². The number of carbonyl (C=O) groups is 2. The molecular weight excluding hydrogens is 192 g/mol. The van der Waals surface area contributed by atoms with Gasteiger partial charge in [-0.2, -0.15) is 0 Å². The largest absolute Gasteiger partial charge is 0.875 e. The Labute approximate surface area is 78.4 Å². The fourth-order valence-corrected chi connectivity index (χ4v) is 1.12. The van der Waals surface area contributed by atoms with Crippen LogP contribution in [0.25, 0.3) is 0 Å². The van der Waals surface area contributed by atoms with Gasteiger partial charge in [-0.1, -0.05) is 0 Å². The normalized spacial score (nSPS) is 17.1. The molecule has 0 amide bonds. The minimum absolute atomic E-state index is 0.542. The molecule has 0 unspecified atom stereocenters. The van der Waals surface area contributed by atoms with Gasteiger partial charge in [-0.05, 0) is 12.8 Å². The van der Waals surface area contributed by atoms with Crippen molar-refractivity contribution in [2.24, 2.45) is 0 Å². The molecule has 1 rings (SSSR count). The van der Waals surface area contributed by atoms with Crippen molar-refractivity contribution in [3.63, 3.8) is 0 Å². The Morgan fingerprint density at radius 2 is 1.21 bits per heavy atom. The Morgan fingerprint density at radius 1 is 0.929 bits per heavy atom. The summed E-state index contributed by atoms with van der Waals surface area (Å²) >= 11 is 0. The molecule has 6 nitrogen and oxygen atoms in total. The van der Waals surface area contributed by atoms with Crippen LogP contribution in [-0.4, -0.2) is 22.2 Å². The summed E-state index contributed by atoms with van der Waals surface area (Å²) in [6.45, 7) is 0. The fraction of sp³-hybridized carbons (Fsp3) is 0.250. The van der Waals surface area contributed by atoms with Gasteiger partial charge in [0.15, 0.2) is 0 Å². The molecule has 0 spiro atoms. The predicted octanol–water partition coefficient (Wildman–Crippen LogP) is -1.82. The molecule has 0 heterocycles. The van der Waals surface area contributed by atoms with Crippen LogP contribution in [0.2, 0.25) is 0 Å². The van der Waals surface area contributed by atoms with Crippen LogP contribution in [0, 0.1) is 0 Å². The van der Waals surface area contributed by atoms with Crippen LogP contribution >= 0.6 is 0 Å². The molecule has 0 radical (unpaired) electrons. The number of aliphatic carboxylic acids is 2. The van der Waals surface area contributed by atoms with E-state index in [4.69, 9.17) is 10.2 Å². The highest BCUT2D eigenvalue weighted by Gasteiger charge is 2.18. The lowest BCUT2D eigenvalue weighted by Gasteiger charge is -2.28. The van der Waals surface area contributed by atoms with Gasteiger partial charge in [0.1, 0.15) is 0 Å². The van der Waals surface area contributed by atoms with Crippen LogP contribution in [0.15, 0.2) is 22.7 Å². The Morgan fingerprint density at radius 3 is 1.43 bits per heavy atom. The maximum absolute atomic E-state index is 11.0. The fourth-order valence-electron chi connectivity index (χ4n) is 1.12. The second kappa shape index (κ2) is 3.41. The van der Waals surface area contributed by atoms with E-state index in [1.165, 1.54) is 0 Å². The third-order valence-corrected chi connectivity index (χ3v) is 1.86. The Bertz CT molecular complexity index is 326. The van der Waals surface area contributed by atoms with E-state index >= 15 is 0 Å². The smallest absolute Gasteiger partial charge is 0.330 e. The number of hydrogen-bond acceptors (Lipinski definition) is 4. The maximum atomic E-state index is 11.0. The number of allylic oxidation sites excluding steroid dienone is 2. The van der Waals surface area contributed by atoms with Crippen LogP contribution in [-0.2, 0) is 9.59 Å². The van der Waals surface area contributed by atoms with E-state index < -0.39 is 47.4 Å². The van der Waals surface area contributed by atoms with Crippen molar-refractivity contribution in [3.05, 3.63) is 22.7 Å². The average Bonchev–Trinajstić information content (AvgIpc) is 2.07. The van der Waals surface area contributed by atoms with Crippen molar-refractivity contribution < 1.29 is 30.0 Å². The Hall–Kier alpha value is -1.98. The second-order valence-corrected chi connectivity index (χ2v) is 2.77. The molecule has 2 N–H and O–H groups in total. The number of rotatable bonds is 2. The van der Waals surface area contributed by atoms with Gasteiger partial charge in [0.25, 0.3) is 0 Å². The van der Waals surface area contributed by atoms with Crippen LogP contribution in [0.5, 0.6) is 0 Å². The first kappa shape index (κ1) is 10.1. The maximum Gasteiger partial charge on any atom is 0.330 e. The minimum atomic E-state index is -1.47. The summed E-state index contributed by atoms with van der Waals surface area (Å²) in [5.41, 5.74) is -1.08. The van der Waals surface area contributed by atoms with Gasteiger partial charge in [-0.15, -0.1) is 11.5 Å². The minimum Gasteiger partial charge on any atom is -0.875 e. The summed E-state index contributed by atoms with van der Waals surface area (Å²) in [6, 6.07) is 0. The van der Waals surface area contributed by atoms with Crippen LogP contribution in [0.3, 0.4) is 0 Å². The van der Waals surface area contributed by atoms with Gasteiger partial charge >= 0.3 is 11.9 Å². The Balaban J connectivity index is 3.01. The van der Waals surface area contributed by atoms with Gasteiger partial charge in [-0.3, -0.25) is 0 Å². The van der Waals surface area contributed by atoms with Gasteiger partial charge in [0.05, 0.1) is 0 Å². The van der Waals surface area contributed by atoms with Crippen molar-refractivity contribution in [2.75, 3.05) is 0 Å². The third-order valence-electron chi connectivity index (χ3n) is 1.86. The SMILES string of the molecule is O=C(O)C1=C([O-])CC(C(=O)O)=C([O-])C1. The van der Waals surface area contributed by atoms with E-state index in [2.05, 4.69) is 0 Å². The van der Waals surface area contributed by atoms with E-state index in [9.17, 15) is 19.8 Å². The lowest BCUT2D eigenvalue weighted by molar-refractivity contribution is -0.321. The molecule has 1 aliphatic rings. The first-order chi connectivity index (χ1) is 6.43. The summed E-state index contributed by atoms with van der Waals surface area (Å²) in [5.74, 6) is -4.55. The van der Waals surface area contributed by atoms with Gasteiger partial charge in [0, 0.05) is 11.1 Å². The number of hydrogen-bond donors (Lipinski definition) is 2. The average molecular weight is 198 g/mol. The Kier molecular flexibility index (Phi) is 2.46. The number of carboxylic acid groups (broad SMARTS) is 2. The summed E-state index contributed by atoms with van der Waals surface area (Å²) < 4.78 is 0. The first-order valence-corrected chi connectivity index (χ1v) is 3.68. The van der Waals surface area contributed by atoms with E-state index in [1.807, 2.05) is 0 Å². The van der Waals surface area contributed by atoms with E-state index in [0.717, 1.165) is 0 Å². The summed E-state index contributed by atoms with van der Waals surface area (Å²) in [4.78, 5) is 20.8. The van der Waals surface area contributed by atoms with Gasteiger partial charge in [0.2, 0.25) is 0 Å². The van der Waals surface area contributed by atoms with E-state index in [-0.39, 0.29) is 0 Å². The zero-order valence-corrected chi connectivity index (χ0v) is 6.94. The highest BCUT2D eigenvalue weighted by atomic mass is 16.4. The highest BCUT2D eigenvalue weighted by molar-refractivity contribution is 5.92. The second-order valence-electron chi connectivity index (χ2n) is 2.77. The van der Waals surface area contributed by atoms with E-state index in [1.54, 1.807) is 0 Å². The predicted molar refractivity (Wildman–Crippen MR) is 38.6 cm³/mol. The topological polar surface area (TPSA) is 121 Å². The molecule has 0 aliphatic heterocycles. The number of carboxylic acids is 2. The van der Waals surface area contributed by atoms with Crippen molar-refractivity contribution >= 4 is 11.9 Å². The molecule has 0 saturated heterocycles. The molecule has 0 saturated carbocycles. The molecule has 14 heavy (non-hydrogen) atoms. The lowest BCUT2D eigenvalue weighted by Crippen LogP contribution is -2.26. The quantitative estimate of drug-likeness (QED) is 0.538. The van der Waals surface area contributed by atoms with Crippen molar-refractivity contribution in [1.29, 1.82) is 0 Å². The monoisotopic (exact) mass is 198 g/mol. The molecule has 0 fully saturated rings. The third kappa shape index (κ3) is 1.68. The van der Waals surface area contributed by atoms with Gasteiger partial charge in [-0.25, -0.2) is 9.59 Å². The molecule has 0 atom stereocenters. The van der Waals surface area contributed by atoms with Crippen LogP contribution < -0.4 is 10.2 Å². The van der Waals surface area contributed by atoms with Crippen LogP contribution in [0.1, 0.15) is 12.8 Å². The molecule has 0 bridgehead atoms. The van der Waals surface area contributed by atoms with E-state index in [0.29, 0.717) is 0 Å². The molecule has 0 aromatic carbocycles. The molecule has 6 heteroatoms. The molecular formula is C8H6O6-2. The summed E-state index contributed by atoms with van der Waals surface area (Å²) in [7, 11) is 0. The zero-order valence-electron chi connectivity index (χ0n) is 6.94. The standard InChI is InChI=1S/C8H8O6/c9-5-1-3(7(11)12)6(10)2-4(5)8(13)14/h9-10H,1-2H2,(H,11,12)(H,13,14)/p-2. The highest BCUT2D eigenvalue weighted by Crippen LogP contribution is 2.24. The molecule has 76 valence electrons.